The summed E-state index contributed by atoms with van der Waals surface area (Å²) in [4.78, 5) is 13.4. The van der Waals surface area contributed by atoms with E-state index in [1.807, 2.05) is 12.1 Å². The van der Waals surface area contributed by atoms with Crippen LogP contribution in [0.2, 0.25) is 5.02 Å². The average molecular weight is 310 g/mol. The first-order valence-corrected chi connectivity index (χ1v) is 7.90. The minimum absolute atomic E-state index is 0.0594. The Kier molecular flexibility index (Phi) is 6.03. The molecule has 0 bridgehead atoms. The van der Waals surface area contributed by atoms with Crippen LogP contribution in [0.4, 0.5) is 0 Å². The van der Waals surface area contributed by atoms with E-state index in [1.54, 1.807) is 6.92 Å². The van der Waals surface area contributed by atoms with E-state index in [-0.39, 0.29) is 5.91 Å². The highest BCUT2D eigenvalue weighted by Gasteiger charge is 2.19. The summed E-state index contributed by atoms with van der Waals surface area (Å²) in [5, 5.41) is 3.72. The van der Waals surface area contributed by atoms with Gasteiger partial charge in [0.1, 0.15) is 0 Å². The molecule has 1 amide bonds. The molecule has 0 saturated carbocycles. The molecule has 21 heavy (non-hydrogen) atoms. The molecule has 1 heterocycles. The van der Waals surface area contributed by atoms with Gasteiger partial charge < -0.3 is 11.1 Å². The molecule has 2 rings (SSSR count). The molecule has 116 valence electrons. The third-order valence-electron chi connectivity index (χ3n) is 4.09. The number of piperidine rings is 1. The maximum atomic E-state index is 10.9. The molecule has 1 aliphatic rings. The number of benzene rings is 1. The van der Waals surface area contributed by atoms with Crippen LogP contribution in [0, 0.1) is 5.92 Å². The molecule has 3 N–H and O–H groups in total. The Hall–Kier alpha value is -1.10. The molecule has 0 unspecified atom stereocenters. The molecule has 1 saturated heterocycles. The van der Waals surface area contributed by atoms with Gasteiger partial charge in [0.2, 0.25) is 5.91 Å². The Morgan fingerprint density at radius 3 is 2.71 bits per heavy atom. The van der Waals surface area contributed by atoms with Gasteiger partial charge in [0.25, 0.3) is 0 Å². The number of hydrogen-bond acceptors (Lipinski definition) is 3. The van der Waals surface area contributed by atoms with E-state index in [2.05, 4.69) is 16.3 Å². The number of carbonyl (C=O) groups is 1. The van der Waals surface area contributed by atoms with Gasteiger partial charge in [-0.1, -0.05) is 23.7 Å². The first-order valence-electron chi connectivity index (χ1n) is 7.52. The summed E-state index contributed by atoms with van der Waals surface area (Å²) in [5.74, 6) is 0.657. The summed E-state index contributed by atoms with van der Waals surface area (Å²) in [6.45, 7) is 5.89. The molecule has 1 aliphatic heterocycles. The number of nitrogens with zero attached hydrogens (tertiary/aromatic N) is 1. The predicted molar refractivity (Wildman–Crippen MR) is 86.0 cm³/mol. The minimum atomic E-state index is 0.0594. The number of nitrogens with one attached hydrogen (secondary N) is 1. The molecule has 0 spiro atoms. The van der Waals surface area contributed by atoms with Crippen molar-refractivity contribution in [1.29, 1.82) is 0 Å². The fourth-order valence-corrected chi connectivity index (χ4v) is 2.99. The molecule has 0 radical (unpaired) electrons. The second-order valence-corrected chi connectivity index (χ2v) is 6.19. The van der Waals surface area contributed by atoms with Gasteiger partial charge in [-0.3, -0.25) is 9.69 Å². The third kappa shape index (κ3) is 4.99. The van der Waals surface area contributed by atoms with Crippen LogP contribution in [-0.4, -0.2) is 30.4 Å². The lowest BCUT2D eigenvalue weighted by Crippen LogP contribution is -2.37. The molecule has 0 atom stereocenters. The first kappa shape index (κ1) is 16.3. The monoisotopic (exact) mass is 309 g/mol. The van der Waals surface area contributed by atoms with Gasteiger partial charge in [0.05, 0.1) is 0 Å². The zero-order valence-corrected chi connectivity index (χ0v) is 13.3. The SMILES string of the molecule is CC(=O)NCC1CCN(Cc2ccc(CN)cc2Cl)CC1. The molecule has 0 aliphatic carbocycles. The standard InChI is InChI=1S/C16H24ClN3O/c1-12(21)19-10-13-4-6-20(7-5-13)11-15-3-2-14(9-18)8-16(15)17/h2-3,8,13H,4-7,9-11,18H2,1H3,(H,19,21). The fourth-order valence-electron chi connectivity index (χ4n) is 2.72. The van der Waals surface area contributed by atoms with Crippen LogP contribution in [0.25, 0.3) is 0 Å². The van der Waals surface area contributed by atoms with Crippen molar-refractivity contribution < 1.29 is 4.79 Å². The third-order valence-corrected chi connectivity index (χ3v) is 4.45. The van der Waals surface area contributed by atoms with Crippen LogP contribution in [0.15, 0.2) is 18.2 Å². The number of likely N-dealkylation sites (tertiary alicyclic amines) is 1. The zero-order chi connectivity index (χ0) is 15.2. The van der Waals surface area contributed by atoms with Crippen LogP contribution >= 0.6 is 11.6 Å². The Morgan fingerprint density at radius 1 is 1.43 bits per heavy atom. The lowest BCUT2D eigenvalue weighted by atomic mass is 9.96. The maximum absolute atomic E-state index is 10.9. The lowest BCUT2D eigenvalue weighted by molar-refractivity contribution is -0.119. The topological polar surface area (TPSA) is 58.4 Å². The number of amides is 1. The van der Waals surface area contributed by atoms with Crippen molar-refractivity contribution in [3.05, 3.63) is 34.3 Å². The van der Waals surface area contributed by atoms with Gasteiger partial charge in [-0.25, -0.2) is 0 Å². The van der Waals surface area contributed by atoms with E-state index in [9.17, 15) is 4.79 Å². The van der Waals surface area contributed by atoms with Crippen molar-refractivity contribution >= 4 is 17.5 Å². The highest BCUT2D eigenvalue weighted by Crippen LogP contribution is 2.23. The van der Waals surface area contributed by atoms with E-state index >= 15 is 0 Å². The van der Waals surface area contributed by atoms with Crippen molar-refractivity contribution in [1.82, 2.24) is 10.2 Å². The van der Waals surface area contributed by atoms with Gasteiger partial charge in [-0.15, -0.1) is 0 Å². The minimum Gasteiger partial charge on any atom is -0.356 e. The summed E-state index contributed by atoms with van der Waals surface area (Å²) in [6.07, 6.45) is 2.25. The molecule has 1 fully saturated rings. The molecule has 5 heteroatoms. The van der Waals surface area contributed by atoms with Crippen LogP contribution in [-0.2, 0) is 17.9 Å². The highest BCUT2D eigenvalue weighted by atomic mass is 35.5. The summed E-state index contributed by atoms with van der Waals surface area (Å²) >= 11 is 6.31. The van der Waals surface area contributed by atoms with E-state index in [0.717, 1.165) is 55.2 Å². The van der Waals surface area contributed by atoms with Gasteiger partial charge in [-0.2, -0.15) is 0 Å². The molecule has 4 nitrogen and oxygen atoms in total. The maximum Gasteiger partial charge on any atom is 0.216 e. The molecular weight excluding hydrogens is 286 g/mol. The van der Waals surface area contributed by atoms with Crippen molar-refractivity contribution in [2.24, 2.45) is 11.7 Å². The summed E-state index contributed by atoms with van der Waals surface area (Å²) in [5.41, 5.74) is 7.85. The van der Waals surface area contributed by atoms with Crippen LogP contribution in [0.5, 0.6) is 0 Å². The van der Waals surface area contributed by atoms with Crippen LogP contribution < -0.4 is 11.1 Å². The Labute approximate surface area is 131 Å². The van der Waals surface area contributed by atoms with Crippen molar-refractivity contribution in [3.63, 3.8) is 0 Å². The molecule has 1 aromatic carbocycles. The molecule has 0 aromatic heterocycles. The normalized spacial score (nSPS) is 16.9. The zero-order valence-electron chi connectivity index (χ0n) is 12.6. The Bertz CT molecular complexity index is 484. The number of carbonyl (C=O) groups excluding carboxylic acids is 1. The van der Waals surface area contributed by atoms with Crippen molar-refractivity contribution in [3.8, 4) is 0 Å². The van der Waals surface area contributed by atoms with Gasteiger partial charge in [0.15, 0.2) is 0 Å². The van der Waals surface area contributed by atoms with E-state index < -0.39 is 0 Å². The van der Waals surface area contributed by atoms with Gasteiger partial charge in [-0.05, 0) is 49.0 Å². The van der Waals surface area contributed by atoms with E-state index in [1.165, 1.54) is 0 Å². The average Bonchev–Trinajstić information content (AvgIpc) is 2.48. The van der Waals surface area contributed by atoms with Crippen LogP contribution in [0.3, 0.4) is 0 Å². The first-order chi connectivity index (χ1) is 10.1. The summed E-state index contributed by atoms with van der Waals surface area (Å²) < 4.78 is 0. The predicted octanol–water partition coefficient (Wildman–Crippen LogP) is 2.15. The molecular formula is C16H24ClN3O. The lowest BCUT2D eigenvalue weighted by Gasteiger charge is -2.32. The van der Waals surface area contributed by atoms with Crippen molar-refractivity contribution in [2.45, 2.75) is 32.9 Å². The number of hydrogen-bond donors (Lipinski definition) is 2. The van der Waals surface area contributed by atoms with Crippen molar-refractivity contribution in [2.75, 3.05) is 19.6 Å². The van der Waals surface area contributed by atoms with E-state index in [0.29, 0.717) is 12.5 Å². The van der Waals surface area contributed by atoms with E-state index in [4.69, 9.17) is 17.3 Å². The fraction of sp³-hybridized carbons (Fsp3) is 0.562. The summed E-state index contributed by atoms with van der Waals surface area (Å²) in [6, 6.07) is 6.08. The van der Waals surface area contributed by atoms with Gasteiger partial charge in [0, 0.05) is 31.6 Å². The van der Waals surface area contributed by atoms with Crippen LogP contribution in [0.1, 0.15) is 30.9 Å². The Balaban J connectivity index is 1.82. The highest BCUT2D eigenvalue weighted by molar-refractivity contribution is 6.31. The second-order valence-electron chi connectivity index (χ2n) is 5.79. The summed E-state index contributed by atoms with van der Waals surface area (Å²) in [7, 11) is 0. The number of halogens is 1. The largest absolute Gasteiger partial charge is 0.356 e. The smallest absolute Gasteiger partial charge is 0.216 e. The van der Waals surface area contributed by atoms with Gasteiger partial charge >= 0.3 is 0 Å². The Morgan fingerprint density at radius 2 is 2.14 bits per heavy atom. The number of rotatable bonds is 5. The molecule has 1 aromatic rings. The quantitative estimate of drug-likeness (QED) is 0.876. The second kappa shape index (κ2) is 7.78. The number of nitrogens with two attached hydrogens (primary N) is 1.